The zero-order valence-electron chi connectivity index (χ0n) is 15.9. The number of hydrogen-bond donors (Lipinski definition) is 0. The van der Waals surface area contributed by atoms with Crippen molar-refractivity contribution in [3.8, 4) is 0 Å². The molecule has 1 aliphatic rings. The van der Waals surface area contributed by atoms with Crippen molar-refractivity contribution in [3.05, 3.63) is 76.0 Å². The van der Waals surface area contributed by atoms with Crippen LogP contribution in [0.25, 0.3) is 0 Å². The predicted molar refractivity (Wildman–Crippen MR) is 117 cm³/mol. The third kappa shape index (κ3) is 4.77. The van der Waals surface area contributed by atoms with Crippen molar-refractivity contribution >= 4 is 39.7 Å². The highest BCUT2D eigenvalue weighted by Crippen LogP contribution is 2.27. The number of aromatic nitrogens is 1. The van der Waals surface area contributed by atoms with Crippen molar-refractivity contribution < 1.29 is 9.18 Å². The highest BCUT2D eigenvalue weighted by molar-refractivity contribution is 7.13. The first-order valence-corrected chi connectivity index (χ1v) is 10.9. The second kappa shape index (κ2) is 8.93. The number of piperidine rings is 1. The van der Waals surface area contributed by atoms with Gasteiger partial charge in [0.2, 0.25) is 0 Å². The molecule has 0 spiro atoms. The van der Waals surface area contributed by atoms with Crippen molar-refractivity contribution in [3.63, 3.8) is 0 Å². The van der Waals surface area contributed by atoms with Crippen LogP contribution in [0.4, 0.5) is 15.2 Å². The number of anilines is 2. The molecule has 4 nitrogen and oxygen atoms in total. The molecule has 0 unspecified atom stereocenters. The average molecular weight is 430 g/mol. The number of halogens is 2. The van der Waals surface area contributed by atoms with Crippen LogP contribution in [0.5, 0.6) is 0 Å². The van der Waals surface area contributed by atoms with Crippen LogP contribution in [-0.4, -0.2) is 24.0 Å². The number of hydrogen-bond acceptors (Lipinski definition) is 4. The number of rotatable bonds is 5. The third-order valence-electron chi connectivity index (χ3n) is 4.96. The fourth-order valence-corrected chi connectivity index (χ4v) is 4.41. The summed E-state index contributed by atoms with van der Waals surface area (Å²) in [6.45, 7) is 2.37. The molecule has 0 radical (unpaired) electrons. The van der Waals surface area contributed by atoms with Gasteiger partial charge in [-0.3, -0.25) is 4.79 Å². The summed E-state index contributed by atoms with van der Waals surface area (Å²) in [5, 5.41) is 3.56. The van der Waals surface area contributed by atoms with Gasteiger partial charge in [-0.25, -0.2) is 9.37 Å². The Kier molecular flexibility index (Phi) is 6.11. The summed E-state index contributed by atoms with van der Waals surface area (Å²) in [6.07, 6.45) is 3.64. The average Bonchev–Trinajstić information content (AvgIpc) is 3.22. The molecular formula is C22H21ClFN3OS. The summed E-state index contributed by atoms with van der Waals surface area (Å²) in [4.78, 5) is 21.9. The minimum atomic E-state index is -0.339. The van der Waals surface area contributed by atoms with E-state index in [1.165, 1.54) is 31.4 Å². The minimum Gasteiger partial charge on any atom is -0.348 e. The standard InChI is InChI=1S/C22H21ClFN3OS/c23-17-6-4-16(5-7-17)21(28)27(20-10-8-18(24)9-11-20)14-19-15-29-22(25-19)26-12-2-1-3-13-26/h4-11,15H,1-3,12-14H2. The molecule has 1 amide bonds. The molecule has 1 aliphatic heterocycles. The number of thiazole rings is 1. The number of carbonyl (C=O) groups excluding carboxylic acids is 1. The van der Waals surface area contributed by atoms with Crippen LogP contribution in [0, 0.1) is 5.82 Å². The van der Waals surface area contributed by atoms with Gasteiger partial charge in [0.05, 0.1) is 12.2 Å². The lowest BCUT2D eigenvalue weighted by atomic mass is 10.1. The molecule has 2 aromatic carbocycles. The van der Waals surface area contributed by atoms with Crippen molar-refractivity contribution in [1.82, 2.24) is 4.98 Å². The van der Waals surface area contributed by atoms with E-state index in [9.17, 15) is 9.18 Å². The Morgan fingerprint density at radius 3 is 2.45 bits per heavy atom. The normalized spacial score (nSPS) is 14.1. The second-order valence-electron chi connectivity index (χ2n) is 7.04. The van der Waals surface area contributed by atoms with E-state index in [0.717, 1.165) is 23.9 Å². The molecule has 0 atom stereocenters. The lowest BCUT2D eigenvalue weighted by Gasteiger charge is -2.26. The van der Waals surface area contributed by atoms with E-state index in [1.54, 1.807) is 52.6 Å². The summed E-state index contributed by atoms with van der Waals surface area (Å²) in [6, 6.07) is 12.7. The van der Waals surface area contributed by atoms with Gasteiger partial charge in [-0.1, -0.05) is 11.6 Å². The van der Waals surface area contributed by atoms with Gasteiger partial charge in [0.15, 0.2) is 5.13 Å². The smallest absolute Gasteiger partial charge is 0.258 e. The summed E-state index contributed by atoms with van der Waals surface area (Å²) < 4.78 is 13.4. The molecule has 2 heterocycles. The first-order chi connectivity index (χ1) is 14.1. The lowest BCUT2D eigenvalue weighted by molar-refractivity contribution is 0.0985. The second-order valence-corrected chi connectivity index (χ2v) is 8.32. The maximum atomic E-state index is 13.4. The van der Waals surface area contributed by atoms with Crippen molar-refractivity contribution in [2.45, 2.75) is 25.8 Å². The van der Waals surface area contributed by atoms with E-state index in [0.29, 0.717) is 22.8 Å². The van der Waals surface area contributed by atoms with Crippen LogP contribution in [-0.2, 0) is 6.54 Å². The van der Waals surface area contributed by atoms with Gasteiger partial charge in [0.25, 0.3) is 5.91 Å². The van der Waals surface area contributed by atoms with Gasteiger partial charge in [-0.15, -0.1) is 11.3 Å². The zero-order valence-corrected chi connectivity index (χ0v) is 17.4. The molecule has 29 heavy (non-hydrogen) atoms. The number of benzene rings is 2. The van der Waals surface area contributed by atoms with Crippen molar-refractivity contribution in [2.24, 2.45) is 0 Å². The van der Waals surface area contributed by atoms with Gasteiger partial charge in [-0.2, -0.15) is 0 Å². The third-order valence-corrected chi connectivity index (χ3v) is 6.16. The first kappa shape index (κ1) is 19.9. The molecule has 0 aliphatic carbocycles. The minimum absolute atomic E-state index is 0.180. The van der Waals surface area contributed by atoms with Crippen LogP contribution >= 0.6 is 22.9 Å². The molecule has 3 aromatic rings. The Morgan fingerprint density at radius 1 is 1.07 bits per heavy atom. The molecule has 1 fully saturated rings. The number of amides is 1. The highest BCUT2D eigenvalue weighted by Gasteiger charge is 2.21. The molecule has 0 saturated carbocycles. The van der Waals surface area contributed by atoms with E-state index >= 15 is 0 Å². The van der Waals surface area contributed by atoms with Crippen LogP contribution < -0.4 is 9.80 Å². The van der Waals surface area contributed by atoms with Gasteiger partial charge in [-0.05, 0) is 67.8 Å². The molecular weight excluding hydrogens is 409 g/mol. The maximum absolute atomic E-state index is 13.4. The summed E-state index contributed by atoms with van der Waals surface area (Å²) >= 11 is 7.56. The fourth-order valence-electron chi connectivity index (χ4n) is 3.41. The molecule has 1 saturated heterocycles. The van der Waals surface area contributed by atoms with Gasteiger partial charge in [0.1, 0.15) is 5.82 Å². The first-order valence-electron chi connectivity index (χ1n) is 9.62. The maximum Gasteiger partial charge on any atom is 0.258 e. The molecule has 0 N–H and O–H groups in total. The quantitative estimate of drug-likeness (QED) is 0.516. The Morgan fingerprint density at radius 2 is 1.76 bits per heavy atom. The van der Waals surface area contributed by atoms with Crippen LogP contribution in [0.15, 0.2) is 53.9 Å². The SMILES string of the molecule is O=C(c1ccc(Cl)cc1)N(Cc1csc(N2CCCCC2)n1)c1ccc(F)cc1. The lowest BCUT2D eigenvalue weighted by Crippen LogP contribution is -2.31. The molecule has 1 aromatic heterocycles. The molecule has 4 rings (SSSR count). The van der Waals surface area contributed by atoms with Gasteiger partial charge < -0.3 is 9.80 Å². The topological polar surface area (TPSA) is 36.4 Å². The molecule has 0 bridgehead atoms. The van der Waals surface area contributed by atoms with E-state index in [-0.39, 0.29) is 11.7 Å². The van der Waals surface area contributed by atoms with Crippen molar-refractivity contribution in [2.75, 3.05) is 22.9 Å². The molecule has 150 valence electrons. The van der Waals surface area contributed by atoms with E-state index < -0.39 is 0 Å². The van der Waals surface area contributed by atoms with E-state index in [2.05, 4.69) is 4.90 Å². The predicted octanol–water partition coefficient (Wildman–Crippen LogP) is 5.77. The zero-order chi connectivity index (χ0) is 20.2. The molecule has 7 heteroatoms. The van der Waals surface area contributed by atoms with Gasteiger partial charge >= 0.3 is 0 Å². The monoisotopic (exact) mass is 429 g/mol. The summed E-state index contributed by atoms with van der Waals surface area (Å²) in [7, 11) is 0. The number of carbonyl (C=O) groups is 1. The van der Waals surface area contributed by atoms with Crippen LogP contribution in [0.3, 0.4) is 0 Å². The number of nitrogens with zero attached hydrogens (tertiary/aromatic N) is 3. The Balaban J connectivity index is 1.60. The summed E-state index contributed by atoms with van der Waals surface area (Å²) in [5.74, 6) is -0.519. The van der Waals surface area contributed by atoms with Crippen LogP contribution in [0.2, 0.25) is 5.02 Å². The Hall–Kier alpha value is -2.44. The van der Waals surface area contributed by atoms with Crippen LogP contribution in [0.1, 0.15) is 35.3 Å². The van der Waals surface area contributed by atoms with Crippen molar-refractivity contribution in [1.29, 1.82) is 0 Å². The highest BCUT2D eigenvalue weighted by atomic mass is 35.5. The largest absolute Gasteiger partial charge is 0.348 e. The Bertz CT molecular complexity index is 968. The van der Waals surface area contributed by atoms with Gasteiger partial charge in [0, 0.05) is 34.7 Å². The summed E-state index contributed by atoms with van der Waals surface area (Å²) in [5.41, 5.74) is 1.96. The van der Waals surface area contributed by atoms with E-state index in [4.69, 9.17) is 16.6 Å². The Labute approximate surface area is 178 Å². The fraction of sp³-hybridized carbons (Fsp3) is 0.273. The van der Waals surface area contributed by atoms with E-state index in [1.807, 2.05) is 5.38 Å².